The molecule has 2 atom stereocenters. The van der Waals surface area contributed by atoms with E-state index in [0.717, 1.165) is 28.5 Å². The van der Waals surface area contributed by atoms with Gasteiger partial charge in [-0.2, -0.15) is 0 Å². The molecule has 5 heteroatoms. The topological polar surface area (TPSA) is 37.8 Å². The largest absolute Gasteiger partial charge is 0.368 e. The van der Waals surface area contributed by atoms with Crippen molar-refractivity contribution in [3.63, 3.8) is 0 Å². The Hall–Kier alpha value is -0.870. The van der Waals surface area contributed by atoms with Gasteiger partial charge in [0, 0.05) is 12.4 Å². The minimum Gasteiger partial charge on any atom is -0.368 e. The highest BCUT2D eigenvalue weighted by Crippen LogP contribution is 2.32. The molecule has 19 heavy (non-hydrogen) atoms. The van der Waals surface area contributed by atoms with Crippen LogP contribution in [0, 0.1) is 11.8 Å². The van der Waals surface area contributed by atoms with Gasteiger partial charge in [-0.15, -0.1) is 22.9 Å². The van der Waals surface area contributed by atoms with Crippen LogP contribution in [0.1, 0.15) is 25.7 Å². The molecule has 0 amide bonds. The molecule has 0 saturated heterocycles. The fraction of sp³-hybridized carbons (Fsp3) is 0.571. The number of nitrogens with one attached hydrogen (secondary N) is 1. The number of hydrogen-bond donors (Lipinski definition) is 1. The van der Waals surface area contributed by atoms with Gasteiger partial charge in [-0.05, 0) is 36.1 Å². The average molecular weight is 296 g/mol. The first-order valence-electron chi connectivity index (χ1n) is 6.86. The molecule has 1 aliphatic rings. The van der Waals surface area contributed by atoms with Crippen LogP contribution in [0.15, 0.2) is 17.8 Å². The fourth-order valence-corrected chi connectivity index (χ4v) is 4.12. The molecule has 2 aromatic heterocycles. The van der Waals surface area contributed by atoms with Crippen molar-refractivity contribution in [2.75, 3.05) is 17.7 Å². The smallest absolute Gasteiger partial charge is 0.147 e. The first-order chi connectivity index (χ1) is 9.38. The summed E-state index contributed by atoms with van der Waals surface area (Å²) in [5, 5.41) is 5.57. The lowest BCUT2D eigenvalue weighted by Gasteiger charge is -2.30. The molecule has 1 aliphatic carbocycles. The molecular weight excluding hydrogens is 278 g/mol. The molecule has 2 aromatic rings. The van der Waals surface area contributed by atoms with Crippen molar-refractivity contribution >= 4 is 39.0 Å². The number of rotatable bonds is 4. The summed E-state index contributed by atoms with van der Waals surface area (Å²) in [4.78, 5) is 8.64. The van der Waals surface area contributed by atoms with Crippen LogP contribution in [0.2, 0.25) is 0 Å². The zero-order chi connectivity index (χ0) is 13.1. The van der Waals surface area contributed by atoms with E-state index in [1.54, 1.807) is 17.7 Å². The second kappa shape index (κ2) is 6.06. The van der Waals surface area contributed by atoms with Crippen LogP contribution in [0.4, 0.5) is 5.82 Å². The van der Waals surface area contributed by atoms with Gasteiger partial charge in [-0.1, -0.05) is 12.8 Å². The van der Waals surface area contributed by atoms with Gasteiger partial charge in [0.2, 0.25) is 0 Å². The third-order valence-electron chi connectivity index (χ3n) is 4.04. The highest BCUT2D eigenvalue weighted by atomic mass is 35.5. The van der Waals surface area contributed by atoms with Gasteiger partial charge in [-0.25, -0.2) is 9.97 Å². The van der Waals surface area contributed by atoms with E-state index in [9.17, 15) is 0 Å². The average Bonchev–Trinajstić information content (AvgIpc) is 2.94. The number of aromatic nitrogens is 2. The number of nitrogens with zero attached hydrogens (tertiary/aromatic N) is 2. The Morgan fingerprint density at radius 1 is 1.26 bits per heavy atom. The SMILES string of the molecule is ClCC1CCCCC1CNc1ncnc2ccsc12. The molecule has 0 bridgehead atoms. The molecule has 2 unspecified atom stereocenters. The predicted octanol–water partition coefficient (Wildman–Crippen LogP) is 4.15. The highest BCUT2D eigenvalue weighted by Gasteiger charge is 2.24. The van der Waals surface area contributed by atoms with Crippen molar-refractivity contribution in [3.05, 3.63) is 17.8 Å². The Morgan fingerprint density at radius 3 is 2.95 bits per heavy atom. The highest BCUT2D eigenvalue weighted by molar-refractivity contribution is 7.17. The molecule has 0 spiro atoms. The van der Waals surface area contributed by atoms with E-state index < -0.39 is 0 Å². The number of thiophene rings is 1. The maximum absolute atomic E-state index is 6.08. The minimum atomic E-state index is 0.656. The third-order valence-corrected chi connectivity index (χ3v) is 5.35. The van der Waals surface area contributed by atoms with E-state index in [1.165, 1.54) is 25.7 Å². The summed E-state index contributed by atoms with van der Waals surface area (Å²) in [5.74, 6) is 3.09. The lowest BCUT2D eigenvalue weighted by Crippen LogP contribution is -2.27. The molecule has 2 heterocycles. The lowest BCUT2D eigenvalue weighted by atomic mass is 9.80. The van der Waals surface area contributed by atoms with Crippen molar-refractivity contribution in [1.29, 1.82) is 0 Å². The second-order valence-corrected chi connectivity index (χ2v) is 6.42. The second-order valence-electron chi connectivity index (χ2n) is 5.20. The number of fused-ring (bicyclic) bond motifs is 1. The van der Waals surface area contributed by atoms with Crippen LogP contribution in [-0.2, 0) is 0 Å². The van der Waals surface area contributed by atoms with Gasteiger partial charge in [-0.3, -0.25) is 0 Å². The van der Waals surface area contributed by atoms with E-state index >= 15 is 0 Å². The van der Waals surface area contributed by atoms with E-state index in [4.69, 9.17) is 11.6 Å². The third kappa shape index (κ3) is 2.84. The molecule has 0 aliphatic heterocycles. The molecular formula is C14H18ClN3S. The van der Waals surface area contributed by atoms with E-state index in [2.05, 4.69) is 20.7 Å². The van der Waals surface area contributed by atoms with Gasteiger partial charge in [0.05, 0.1) is 10.2 Å². The van der Waals surface area contributed by atoms with Crippen LogP contribution in [0.5, 0.6) is 0 Å². The molecule has 1 N–H and O–H groups in total. The van der Waals surface area contributed by atoms with Gasteiger partial charge >= 0.3 is 0 Å². The van der Waals surface area contributed by atoms with Gasteiger partial charge < -0.3 is 5.32 Å². The molecule has 102 valence electrons. The van der Waals surface area contributed by atoms with E-state index in [-0.39, 0.29) is 0 Å². The van der Waals surface area contributed by atoms with Crippen LogP contribution < -0.4 is 5.32 Å². The van der Waals surface area contributed by atoms with Crippen molar-refractivity contribution in [2.24, 2.45) is 11.8 Å². The Labute approximate surface area is 122 Å². The number of halogens is 1. The summed E-state index contributed by atoms with van der Waals surface area (Å²) in [7, 11) is 0. The zero-order valence-corrected chi connectivity index (χ0v) is 12.4. The number of anilines is 1. The normalized spacial score (nSPS) is 23.6. The minimum absolute atomic E-state index is 0.656. The van der Waals surface area contributed by atoms with Crippen LogP contribution in [-0.4, -0.2) is 22.4 Å². The van der Waals surface area contributed by atoms with Crippen molar-refractivity contribution < 1.29 is 0 Å². The van der Waals surface area contributed by atoms with Crippen LogP contribution >= 0.6 is 22.9 Å². The van der Waals surface area contributed by atoms with E-state index in [0.29, 0.717) is 11.8 Å². The fourth-order valence-electron chi connectivity index (χ4n) is 2.90. The molecule has 1 fully saturated rings. The van der Waals surface area contributed by atoms with Crippen LogP contribution in [0.25, 0.3) is 10.2 Å². The standard InChI is InChI=1S/C14H18ClN3S/c15-7-10-3-1-2-4-11(10)8-16-14-13-12(5-6-19-13)17-9-18-14/h5-6,9-11H,1-4,7-8H2,(H,16,17,18). The maximum Gasteiger partial charge on any atom is 0.147 e. The number of alkyl halides is 1. The summed E-state index contributed by atoms with van der Waals surface area (Å²) >= 11 is 7.78. The van der Waals surface area contributed by atoms with Gasteiger partial charge in [0.1, 0.15) is 12.1 Å². The van der Waals surface area contributed by atoms with Gasteiger partial charge in [0.15, 0.2) is 0 Å². The monoisotopic (exact) mass is 295 g/mol. The number of hydrogen-bond acceptors (Lipinski definition) is 4. The summed E-state index contributed by atoms with van der Waals surface area (Å²) in [6.07, 6.45) is 6.85. The van der Waals surface area contributed by atoms with Crippen molar-refractivity contribution in [1.82, 2.24) is 9.97 Å². The Morgan fingerprint density at radius 2 is 2.11 bits per heavy atom. The van der Waals surface area contributed by atoms with Crippen LogP contribution in [0.3, 0.4) is 0 Å². The molecule has 0 aromatic carbocycles. The summed E-state index contributed by atoms with van der Waals surface area (Å²) in [5.41, 5.74) is 1.03. The summed E-state index contributed by atoms with van der Waals surface area (Å²) in [6.45, 7) is 0.974. The lowest BCUT2D eigenvalue weighted by molar-refractivity contribution is 0.272. The molecule has 3 nitrogen and oxygen atoms in total. The van der Waals surface area contributed by atoms with Crippen molar-refractivity contribution in [3.8, 4) is 0 Å². The first-order valence-corrected chi connectivity index (χ1v) is 8.28. The summed E-state index contributed by atoms with van der Waals surface area (Å²) in [6, 6.07) is 2.04. The molecule has 1 saturated carbocycles. The first kappa shape index (κ1) is 13.1. The van der Waals surface area contributed by atoms with Crippen molar-refractivity contribution in [2.45, 2.75) is 25.7 Å². The molecule has 3 rings (SSSR count). The Balaban J connectivity index is 1.69. The zero-order valence-electron chi connectivity index (χ0n) is 10.8. The maximum atomic E-state index is 6.08. The summed E-state index contributed by atoms with van der Waals surface area (Å²) < 4.78 is 1.15. The van der Waals surface area contributed by atoms with E-state index in [1.807, 2.05) is 6.07 Å². The predicted molar refractivity (Wildman–Crippen MR) is 82.1 cm³/mol. The Bertz CT molecular complexity index is 542. The Kier molecular flexibility index (Phi) is 4.18. The quantitative estimate of drug-likeness (QED) is 0.861. The van der Waals surface area contributed by atoms with Gasteiger partial charge in [0.25, 0.3) is 0 Å². The molecule has 0 radical (unpaired) electrons.